The Balaban J connectivity index is 0.000000443. The summed E-state index contributed by atoms with van der Waals surface area (Å²) in [6, 6.07) is 0. The predicted molar refractivity (Wildman–Crippen MR) is 71.8 cm³/mol. The topological polar surface area (TPSA) is 220 Å². The summed E-state index contributed by atoms with van der Waals surface area (Å²) in [5, 5.41) is 73.5. The maximum absolute atomic E-state index is 10.8. The summed E-state index contributed by atoms with van der Waals surface area (Å²) >= 11 is 0. The van der Waals surface area contributed by atoms with Crippen LogP contribution in [0.3, 0.4) is 0 Å². The van der Waals surface area contributed by atoms with Gasteiger partial charge >= 0.3 is 35.0 Å². The Labute approximate surface area is 156 Å². The van der Waals surface area contributed by atoms with E-state index in [1.165, 1.54) is 0 Å². The Bertz CT molecular complexity index is 520. The van der Waals surface area contributed by atoms with Crippen LogP contribution in [0.5, 0.6) is 0 Å². The van der Waals surface area contributed by atoms with Crippen molar-refractivity contribution in [3.8, 4) is 0 Å². The first-order valence-electron chi connectivity index (χ1n) is 6.35. The van der Waals surface area contributed by atoms with Crippen LogP contribution in [-0.4, -0.2) is 103 Å². The first kappa shape index (κ1) is 23.2. The van der Waals surface area contributed by atoms with E-state index in [4.69, 9.17) is 30.6 Å². The van der Waals surface area contributed by atoms with E-state index in [0.717, 1.165) is 0 Å². The first-order chi connectivity index (χ1) is 11.1. The zero-order valence-electron chi connectivity index (χ0n) is 12.6. The fraction of sp³-hybridized carbons (Fsp3) is 0.500. The van der Waals surface area contributed by atoms with Crippen molar-refractivity contribution in [1.29, 1.82) is 0 Å². The van der Waals surface area contributed by atoms with Crippen LogP contribution in [0.4, 0.5) is 0 Å². The van der Waals surface area contributed by atoms with Gasteiger partial charge in [0.05, 0.1) is 0 Å². The molecule has 0 aromatic rings. The molecule has 6 N–H and O–H groups in total. The molecule has 2 rings (SSSR count). The van der Waals surface area contributed by atoms with Crippen LogP contribution >= 0.6 is 0 Å². The van der Waals surface area contributed by atoms with Gasteiger partial charge in [-0.2, -0.15) is 0 Å². The Morgan fingerprint density at radius 1 is 0.800 bits per heavy atom. The third-order valence-electron chi connectivity index (χ3n) is 2.91. The van der Waals surface area contributed by atoms with Crippen molar-refractivity contribution >= 4 is 35.0 Å². The molecule has 2 heterocycles. The van der Waals surface area contributed by atoms with Crippen LogP contribution in [0.25, 0.3) is 0 Å². The van der Waals surface area contributed by atoms with Gasteiger partial charge in [0, 0.05) is 13.2 Å². The van der Waals surface area contributed by atoms with Crippen molar-refractivity contribution in [2.45, 2.75) is 24.4 Å². The monoisotopic (exact) mass is 374 g/mol. The number of esters is 2. The molecule has 136 valence electrons. The van der Waals surface area contributed by atoms with E-state index in [1.807, 2.05) is 0 Å². The van der Waals surface area contributed by atoms with Crippen molar-refractivity contribution in [3.05, 3.63) is 23.0 Å². The average Bonchev–Trinajstić information content (AvgIpc) is 2.98. The summed E-state index contributed by atoms with van der Waals surface area (Å²) < 4.78 is 8.51. The van der Waals surface area contributed by atoms with E-state index in [0.29, 0.717) is 0 Å². The van der Waals surface area contributed by atoms with Gasteiger partial charge in [0.1, 0.15) is 0 Å². The second kappa shape index (κ2) is 9.64. The number of hydrogen-bond donors (Lipinski definition) is 6. The molecule has 2 aliphatic heterocycles. The van der Waals surface area contributed by atoms with Crippen LogP contribution in [0.15, 0.2) is 23.0 Å². The van der Waals surface area contributed by atoms with Gasteiger partial charge in [-0.25, -0.2) is 9.59 Å². The molecule has 0 aromatic heterocycles. The first-order valence-corrected chi connectivity index (χ1v) is 6.35. The molecule has 0 fully saturated rings. The minimum Gasteiger partial charge on any atom is -0.847 e. The number of aliphatic hydroxyl groups is 6. The van der Waals surface area contributed by atoms with Crippen LogP contribution in [-0.2, 0) is 19.1 Å². The van der Waals surface area contributed by atoms with Crippen molar-refractivity contribution < 1.29 is 59.9 Å². The SMILES string of the molecule is O=C1O[C@H]([C@@H]([O-])CO)C(O)=C1O.O=C1O[C@H]([C@@H]([O-])CO)C(O)=C1O.[Mg+2]. The van der Waals surface area contributed by atoms with Gasteiger partial charge < -0.3 is 50.3 Å². The maximum atomic E-state index is 10.8. The van der Waals surface area contributed by atoms with Crippen LogP contribution in [0.1, 0.15) is 0 Å². The molecule has 0 saturated heterocycles. The van der Waals surface area contributed by atoms with Crippen LogP contribution in [0.2, 0.25) is 0 Å². The van der Waals surface area contributed by atoms with Gasteiger partial charge in [-0.15, -0.1) is 0 Å². The molecule has 0 saturated carbocycles. The summed E-state index contributed by atoms with van der Waals surface area (Å²) in [6.45, 7) is -1.56. The van der Waals surface area contributed by atoms with Gasteiger partial charge in [-0.05, 0) is 0 Å². The number of ether oxygens (including phenoxy) is 2. The second-order valence-electron chi connectivity index (χ2n) is 4.56. The molecule has 12 nitrogen and oxygen atoms in total. The third kappa shape index (κ3) is 5.10. The molecule has 0 radical (unpaired) electrons. The van der Waals surface area contributed by atoms with Crippen LogP contribution < -0.4 is 10.2 Å². The van der Waals surface area contributed by atoms with Gasteiger partial charge in [0.15, 0.2) is 23.7 Å². The number of rotatable bonds is 4. The number of carbonyl (C=O) groups is 2. The van der Waals surface area contributed by atoms with Crippen molar-refractivity contribution in [2.75, 3.05) is 13.2 Å². The summed E-state index contributed by atoms with van der Waals surface area (Å²) in [7, 11) is 0. The summed E-state index contributed by atoms with van der Waals surface area (Å²) in [5.41, 5.74) is 0. The van der Waals surface area contributed by atoms with Crippen molar-refractivity contribution in [1.82, 2.24) is 0 Å². The summed E-state index contributed by atoms with van der Waals surface area (Å²) in [4.78, 5) is 21.0. The Hall–Kier alpha value is -1.77. The summed E-state index contributed by atoms with van der Waals surface area (Å²) in [5.74, 6) is -5.84. The van der Waals surface area contributed by atoms with Gasteiger partial charge in [-0.3, -0.25) is 0 Å². The maximum Gasteiger partial charge on any atom is 2.00 e. The quantitative estimate of drug-likeness (QED) is 0.202. The predicted octanol–water partition coefficient (Wildman–Crippen LogP) is -4.46. The van der Waals surface area contributed by atoms with E-state index in [2.05, 4.69) is 9.47 Å². The number of aliphatic hydroxyl groups excluding tert-OH is 6. The smallest absolute Gasteiger partial charge is 0.847 e. The molecular formula is C12H14MgO12. The van der Waals surface area contributed by atoms with Crippen LogP contribution in [0, 0.1) is 0 Å². The zero-order valence-corrected chi connectivity index (χ0v) is 14.0. The fourth-order valence-electron chi connectivity index (χ4n) is 1.63. The average molecular weight is 375 g/mol. The van der Waals surface area contributed by atoms with E-state index >= 15 is 0 Å². The third-order valence-corrected chi connectivity index (χ3v) is 2.91. The molecule has 0 aromatic carbocycles. The van der Waals surface area contributed by atoms with E-state index < -0.39 is 72.6 Å². The normalized spacial score (nSPS) is 24.8. The Kier molecular flexibility index (Phi) is 8.96. The molecule has 0 unspecified atom stereocenters. The largest absolute Gasteiger partial charge is 2.00 e. The molecule has 2 aliphatic rings. The Morgan fingerprint density at radius 3 is 1.24 bits per heavy atom. The summed E-state index contributed by atoms with van der Waals surface area (Å²) in [6.07, 6.45) is -6.28. The second-order valence-corrected chi connectivity index (χ2v) is 4.56. The molecule has 0 amide bonds. The van der Waals surface area contributed by atoms with Gasteiger partial charge in [0.2, 0.25) is 11.5 Å². The molecule has 0 bridgehead atoms. The zero-order chi connectivity index (χ0) is 18.6. The standard InChI is InChI=1S/2C6H7O6.Mg/c2*7-1-2(8)5-3(9)4(10)6(11)12-5;/h2*2,5,7,9-10H,1H2;/q2*-1;+2/t2*2-,5+;/m00./s1. The van der Waals surface area contributed by atoms with Crippen molar-refractivity contribution in [3.63, 3.8) is 0 Å². The number of carbonyl (C=O) groups excluding carboxylic acids is 2. The minimum atomic E-state index is -1.67. The van der Waals surface area contributed by atoms with Gasteiger partial charge in [0.25, 0.3) is 0 Å². The fourth-order valence-corrected chi connectivity index (χ4v) is 1.63. The molecule has 13 heteroatoms. The molecule has 0 spiro atoms. The molecular weight excluding hydrogens is 360 g/mol. The number of cyclic esters (lactones) is 2. The minimum absolute atomic E-state index is 0. The molecule has 0 aliphatic carbocycles. The molecule has 4 atom stereocenters. The van der Waals surface area contributed by atoms with Gasteiger partial charge in [-0.1, -0.05) is 12.2 Å². The van der Waals surface area contributed by atoms with E-state index in [1.54, 1.807) is 0 Å². The molecule has 25 heavy (non-hydrogen) atoms. The van der Waals surface area contributed by atoms with E-state index in [9.17, 15) is 19.8 Å². The number of hydrogen-bond acceptors (Lipinski definition) is 12. The van der Waals surface area contributed by atoms with Crippen molar-refractivity contribution in [2.24, 2.45) is 0 Å². The Morgan fingerprint density at radius 2 is 1.08 bits per heavy atom. The van der Waals surface area contributed by atoms with E-state index in [-0.39, 0.29) is 23.1 Å².